The molecule has 0 aliphatic carbocycles. The second-order valence-corrected chi connectivity index (χ2v) is 7.85. The van der Waals surface area contributed by atoms with Gasteiger partial charge in [-0.25, -0.2) is 9.67 Å². The normalized spacial score (nSPS) is 12.5. The van der Waals surface area contributed by atoms with Gasteiger partial charge in [-0.15, -0.1) is 0 Å². The molecule has 0 saturated heterocycles. The number of nitrogens with zero attached hydrogens (tertiary/aromatic N) is 5. The Kier molecular flexibility index (Phi) is 4.24. The summed E-state index contributed by atoms with van der Waals surface area (Å²) >= 11 is 1.60. The van der Waals surface area contributed by atoms with Crippen LogP contribution in [0.15, 0.2) is 36.7 Å². The third kappa shape index (κ3) is 3.23. The molecule has 4 heterocycles. The fraction of sp³-hybridized carbons (Fsp3) is 0.250. The van der Waals surface area contributed by atoms with Crippen LogP contribution in [-0.4, -0.2) is 31.3 Å². The van der Waals surface area contributed by atoms with Crippen LogP contribution in [0.1, 0.15) is 17.0 Å². The van der Waals surface area contributed by atoms with E-state index in [1.54, 1.807) is 11.3 Å². The Morgan fingerprint density at radius 1 is 1.17 bits per heavy atom. The lowest BCUT2D eigenvalue weighted by Gasteiger charge is -2.03. The number of anilines is 1. The fourth-order valence-corrected chi connectivity index (χ4v) is 4.14. The summed E-state index contributed by atoms with van der Waals surface area (Å²) in [6.07, 6.45) is 3.83. The number of hydrogen-bond donors (Lipinski definition) is 1. The molecule has 0 fully saturated rings. The lowest BCUT2D eigenvalue weighted by atomic mass is 10.2. The van der Waals surface area contributed by atoms with Gasteiger partial charge in [0.15, 0.2) is 16.6 Å². The van der Waals surface area contributed by atoms with Gasteiger partial charge in [0, 0.05) is 37.1 Å². The minimum absolute atomic E-state index is 0.261. The first-order valence-corrected chi connectivity index (χ1v) is 10.0. The van der Waals surface area contributed by atoms with E-state index in [-0.39, 0.29) is 6.79 Å². The minimum Gasteiger partial charge on any atom is -0.454 e. The van der Waals surface area contributed by atoms with E-state index in [9.17, 15) is 0 Å². The number of fused-ring (bicyclic) bond motifs is 1. The first kappa shape index (κ1) is 17.7. The lowest BCUT2D eigenvalue weighted by molar-refractivity contribution is 0.174. The van der Waals surface area contributed by atoms with Crippen LogP contribution < -0.4 is 14.8 Å². The van der Waals surface area contributed by atoms with Crippen LogP contribution in [0.4, 0.5) is 5.13 Å². The average molecular weight is 408 g/mol. The van der Waals surface area contributed by atoms with E-state index in [1.165, 1.54) is 0 Å². The van der Waals surface area contributed by atoms with Crippen LogP contribution in [0.3, 0.4) is 0 Å². The highest BCUT2D eigenvalue weighted by Gasteiger charge is 2.16. The van der Waals surface area contributed by atoms with Gasteiger partial charge in [0.1, 0.15) is 5.69 Å². The third-order valence-corrected chi connectivity index (χ3v) is 6.14. The van der Waals surface area contributed by atoms with E-state index in [0.29, 0.717) is 6.54 Å². The Labute approximate surface area is 171 Å². The van der Waals surface area contributed by atoms with E-state index in [2.05, 4.69) is 22.3 Å². The first-order valence-electron chi connectivity index (χ1n) is 9.23. The van der Waals surface area contributed by atoms with Crippen molar-refractivity contribution in [2.24, 2.45) is 7.05 Å². The van der Waals surface area contributed by atoms with E-state index >= 15 is 0 Å². The van der Waals surface area contributed by atoms with Gasteiger partial charge in [0.2, 0.25) is 6.79 Å². The quantitative estimate of drug-likeness (QED) is 0.543. The zero-order valence-electron chi connectivity index (χ0n) is 16.3. The molecule has 1 aliphatic rings. The monoisotopic (exact) mass is 408 g/mol. The predicted molar refractivity (Wildman–Crippen MR) is 111 cm³/mol. The second-order valence-electron chi connectivity index (χ2n) is 6.85. The molecule has 1 aromatic carbocycles. The molecule has 8 nitrogen and oxygen atoms in total. The topological polar surface area (TPSA) is 79.0 Å². The zero-order chi connectivity index (χ0) is 20.0. The van der Waals surface area contributed by atoms with E-state index in [4.69, 9.17) is 14.6 Å². The third-order valence-electron chi connectivity index (χ3n) is 5.01. The summed E-state index contributed by atoms with van der Waals surface area (Å²) in [5, 5.41) is 13.3. The smallest absolute Gasteiger partial charge is 0.231 e. The van der Waals surface area contributed by atoms with Gasteiger partial charge >= 0.3 is 0 Å². The number of ether oxygens (including phenoxy) is 2. The summed E-state index contributed by atoms with van der Waals surface area (Å²) in [5.41, 5.74) is 5.08. The zero-order valence-corrected chi connectivity index (χ0v) is 17.2. The Hall–Kier alpha value is -3.33. The van der Waals surface area contributed by atoms with Gasteiger partial charge in [0.05, 0.1) is 22.5 Å². The molecule has 5 rings (SSSR count). The molecule has 0 atom stereocenters. The first-order chi connectivity index (χ1) is 14.1. The maximum atomic E-state index is 5.46. The van der Waals surface area contributed by atoms with Gasteiger partial charge in [-0.3, -0.25) is 4.68 Å². The molecule has 3 aromatic heterocycles. The standard InChI is InChI=1S/C20H20N6O2S/c1-12-19(29-20(23-12)21-9-14-10-22-25(3)13(14)2)16-6-7-26(24-16)15-4-5-17-18(8-15)28-11-27-17/h4-8,10H,9,11H2,1-3H3,(H,21,23). The van der Waals surface area contributed by atoms with Crippen molar-refractivity contribution in [2.45, 2.75) is 20.4 Å². The summed E-state index contributed by atoms with van der Waals surface area (Å²) in [4.78, 5) is 5.71. The predicted octanol–water partition coefficient (Wildman–Crippen LogP) is 3.69. The molecule has 0 saturated carbocycles. The van der Waals surface area contributed by atoms with Crippen molar-refractivity contribution < 1.29 is 9.47 Å². The number of rotatable bonds is 5. The minimum atomic E-state index is 0.261. The molecular weight excluding hydrogens is 388 g/mol. The second kappa shape index (κ2) is 6.93. The molecule has 9 heteroatoms. The van der Waals surface area contributed by atoms with Crippen molar-refractivity contribution in [3.8, 4) is 27.8 Å². The average Bonchev–Trinajstić information content (AvgIpc) is 3.49. The van der Waals surface area contributed by atoms with Gasteiger partial charge in [-0.1, -0.05) is 11.3 Å². The molecule has 0 radical (unpaired) electrons. The SMILES string of the molecule is Cc1nc(NCc2cnn(C)c2C)sc1-c1ccn(-c2ccc3c(c2)OCO3)n1. The largest absolute Gasteiger partial charge is 0.454 e. The highest BCUT2D eigenvalue weighted by Crippen LogP contribution is 2.35. The van der Waals surface area contributed by atoms with Crippen molar-refractivity contribution in [1.82, 2.24) is 24.5 Å². The number of thiazole rings is 1. The molecule has 0 bridgehead atoms. The van der Waals surface area contributed by atoms with Gasteiger partial charge in [0.25, 0.3) is 0 Å². The van der Waals surface area contributed by atoms with Gasteiger partial charge in [-0.2, -0.15) is 10.2 Å². The summed E-state index contributed by atoms with van der Waals surface area (Å²) in [6.45, 7) is 5.02. The van der Waals surface area contributed by atoms with Crippen molar-refractivity contribution in [3.63, 3.8) is 0 Å². The van der Waals surface area contributed by atoms with Crippen LogP contribution >= 0.6 is 11.3 Å². The van der Waals surface area contributed by atoms with Crippen LogP contribution in [-0.2, 0) is 13.6 Å². The summed E-state index contributed by atoms with van der Waals surface area (Å²) in [7, 11) is 1.95. The Morgan fingerprint density at radius 3 is 2.86 bits per heavy atom. The fourth-order valence-electron chi connectivity index (χ4n) is 3.21. The van der Waals surface area contributed by atoms with Crippen LogP contribution in [0.2, 0.25) is 0 Å². The molecule has 0 spiro atoms. The number of hydrogen-bond acceptors (Lipinski definition) is 7. The van der Waals surface area contributed by atoms with Crippen LogP contribution in [0.25, 0.3) is 16.3 Å². The number of nitrogens with one attached hydrogen (secondary N) is 1. The number of benzene rings is 1. The number of aryl methyl sites for hydroxylation is 2. The molecule has 148 valence electrons. The highest BCUT2D eigenvalue weighted by molar-refractivity contribution is 7.19. The maximum Gasteiger partial charge on any atom is 0.231 e. The van der Waals surface area contributed by atoms with Gasteiger partial charge < -0.3 is 14.8 Å². The van der Waals surface area contributed by atoms with Crippen LogP contribution in [0.5, 0.6) is 11.5 Å². The van der Waals surface area contributed by atoms with Crippen molar-refractivity contribution >= 4 is 16.5 Å². The van der Waals surface area contributed by atoms with Crippen molar-refractivity contribution in [2.75, 3.05) is 12.1 Å². The highest BCUT2D eigenvalue weighted by atomic mass is 32.1. The molecule has 0 unspecified atom stereocenters. The molecule has 1 N–H and O–H groups in total. The molecular formula is C20H20N6O2S. The Balaban J connectivity index is 1.36. The molecule has 0 amide bonds. The Morgan fingerprint density at radius 2 is 2.03 bits per heavy atom. The van der Waals surface area contributed by atoms with E-state index < -0.39 is 0 Å². The molecule has 29 heavy (non-hydrogen) atoms. The van der Waals surface area contributed by atoms with E-state index in [1.807, 2.05) is 60.0 Å². The molecule has 1 aliphatic heterocycles. The maximum absolute atomic E-state index is 5.46. The summed E-state index contributed by atoms with van der Waals surface area (Å²) in [5.74, 6) is 1.50. The lowest BCUT2D eigenvalue weighted by Crippen LogP contribution is -2.01. The van der Waals surface area contributed by atoms with Crippen molar-refractivity contribution in [3.05, 3.63) is 53.6 Å². The summed E-state index contributed by atoms with van der Waals surface area (Å²) < 4.78 is 14.5. The van der Waals surface area contributed by atoms with Crippen molar-refractivity contribution in [1.29, 1.82) is 0 Å². The van der Waals surface area contributed by atoms with Crippen LogP contribution in [0, 0.1) is 13.8 Å². The Bertz CT molecular complexity index is 1190. The molecule has 4 aromatic rings. The van der Waals surface area contributed by atoms with E-state index in [0.717, 1.165) is 49.8 Å². The van der Waals surface area contributed by atoms with Gasteiger partial charge in [-0.05, 0) is 32.0 Å². The summed E-state index contributed by atoms with van der Waals surface area (Å²) in [6, 6.07) is 7.80. The number of aromatic nitrogens is 5.